The smallest absolute Gasteiger partial charge is 0.421 e. The molecule has 1 unspecified atom stereocenters. The predicted octanol–water partition coefficient (Wildman–Crippen LogP) is 6.41. The second-order valence-electron chi connectivity index (χ2n) is 9.88. The third-order valence-electron chi connectivity index (χ3n) is 6.74. The Labute approximate surface area is 266 Å². The number of methoxy groups -OCH3 is 1. The molecule has 4 aliphatic heterocycles. The van der Waals surface area contributed by atoms with Gasteiger partial charge in [0.2, 0.25) is 5.95 Å². The van der Waals surface area contributed by atoms with Gasteiger partial charge in [0.1, 0.15) is 17.1 Å². The van der Waals surface area contributed by atoms with Gasteiger partial charge in [-0.15, -0.1) is 0 Å². The van der Waals surface area contributed by atoms with Crippen molar-refractivity contribution in [2.75, 3.05) is 38.0 Å². The van der Waals surface area contributed by atoms with Crippen LogP contribution in [0.1, 0.15) is 35.0 Å². The number of carbonyl (C=O) groups excluding carboxylic acids is 1. The first-order valence-electron chi connectivity index (χ1n) is 13.9. The second-order valence-corrected chi connectivity index (χ2v) is 12.3. The highest BCUT2D eigenvalue weighted by molar-refractivity contribution is 7.53. The molecule has 1 atom stereocenters. The first-order valence-corrected chi connectivity index (χ1v) is 16.0. The monoisotopic (exact) mass is 680 g/mol. The zero-order valence-corrected chi connectivity index (χ0v) is 26.5. The fourth-order valence-electron chi connectivity index (χ4n) is 4.57. The maximum Gasteiger partial charge on any atom is 0.421 e. The van der Waals surface area contributed by atoms with Crippen LogP contribution in [-0.2, 0) is 32.5 Å². The van der Waals surface area contributed by atoms with Crippen LogP contribution in [-0.4, -0.2) is 58.0 Å². The van der Waals surface area contributed by atoms with Crippen molar-refractivity contribution in [1.82, 2.24) is 30.0 Å². The van der Waals surface area contributed by atoms with E-state index in [-0.39, 0.29) is 53.2 Å². The molecule has 1 amide bonds. The highest BCUT2D eigenvalue weighted by Gasteiger charge is 2.36. The van der Waals surface area contributed by atoms with Gasteiger partial charge in [-0.1, -0.05) is 11.6 Å². The molecular formula is C28H29ClF3N8O5P. The van der Waals surface area contributed by atoms with Crippen molar-refractivity contribution in [3.05, 3.63) is 64.7 Å². The summed E-state index contributed by atoms with van der Waals surface area (Å²) in [6, 6.07) is 5.91. The van der Waals surface area contributed by atoms with Crippen LogP contribution in [0.3, 0.4) is 0 Å². The van der Waals surface area contributed by atoms with Crippen molar-refractivity contribution in [2.24, 2.45) is 0 Å². The molecule has 3 aromatic heterocycles. The van der Waals surface area contributed by atoms with Crippen LogP contribution in [0, 0.1) is 0 Å². The minimum absolute atomic E-state index is 0.0337. The average molecular weight is 681 g/mol. The van der Waals surface area contributed by atoms with E-state index in [1.54, 1.807) is 17.8 Å². The number of anilines is 4. The van der Waals surface area contributed by atoms with E-state index in [9.17, 15) is 22.5 Å². The van der Waals surface area contributed by atoms with E-state index in [0.29, 0.717) is 36.0 Å². The van der Waals surface area contributed by atoms with E-state index in [2.05, 4.69) is 36.0 Å². The topological polar surface area (TPSA) is 154 Å². The lowest BCUT2D eigenvalue weighted by atomic mass is 10.1. The summed E-state index contributed by atoms with van der Waals surface area (Å²) in [4.78, 5) is 25.2. The van der Waals surface area contributed by atoms with E-state index in [1.165, 1.54) is 44.6 Å². The normalized spacial score (nSPS) is 16.9. The van der Waals surface area contributed by atoms with Crippen LogP contribution in [0.5, 0.6) is 5.75 Å². The van der Waals surface area contributed by atoms with Gasteiger partial charge in [-0.25, -0.2) is 9.97 Å². The SMILES string of the molecule is CCOP1(=O)Cc2cc(OC)c(cc2Cl)Nc2ncc(C(F)(F)F)c(n2)Nc2ccc(nc2C(=O)NC)-c2cnn(c2)CCCO1. The molecule has 8 rings (SSSR count). The highest BCUT2D eigenvalue weighted by Crippen LogP contribution is 2.53. The summed E-state index contributed by atoms with van der Waals surface area (Å²) >= 11 is 6.56. The van der Waals surface area contributed by atoms with Crippen LogP contribution < -0.4 is 20.7 Å². The van der Waals surface area contributed by atoms with Gasteiger partial charge in [0.05, 0.1) is 49.8 Å². The lowest BCUT2D eigenvalue weighted by Crippen LogP contribution is -2.21. The fourth-order valence-corrected chi connectivity index (χ4v) is 6.63. The maximum absolute atomic E-state index is 14.1. The largest absolute Gasteiger partial charge is 0.495 e. The third kappa shape index (κ3) is 7.41. The molecule has 244 valence electrons. The van der Waals surface area contributed by atoms with E-state index in [4.69, 9.17) is 25.4 Å². The second kappa shape index (κ2) is 13.6. The summed E-state index contributed by atoms with van der Waals surface area (Å²) in [7, 11) is -0.915. The Kier molecular flexibility index (Phi) is 9.82. The van der Waals surface area contributed by atoms with E-state index < -0.39 is 31.1 Å². The van der Waals surface area contributed by atoms with Gasteiger partial charge in [-0.2, -0.15) is 23.3 Å². The number of halogens is 4. The first-order chi connectivity index (χ1) is 21.9. The third-order valence-corrected chi connectivity index (χ3v) is 9.05. The molecule has 8 bridgehead atoms. The van der Waals surface area contributed by atoms with Crippen LogP contribution in [0.25, 0.3) is 11.3 Å². The molecule has 0 spiro atoms. The summed E-state index contributed by atoms with van der Waals surface area (Å²) in [5.74, 6) is -1.33. The number of ether oxygens (including phenoxy) is 1. The Balaban J connectivity index is 1.64. The van der Waals surface area contributed by atoms with E-state index >= 15 is 0 Å². The number of nitrogens with zero attached hydrogens (tertiary/aromatic N) is 5. The fraction of sp³-hybridized carbons (Fsp3) is 0.321. The molecule has 4 aromatic rings. The van der Waals surface area contributed by atoms with Crippen LogP contribution >= 0.6 is 19.2 Å². The lowest BCUT2D eigenvalue weighted by Gasteiger charge is -2.20. The average Bonchev–Trinajstić information content (AvgIpc) is 3.49. The van der Waals surface area contributed by atoms with Gasteiger partial charge >= 0.3 is 13.8 Å². The van der Waals surface area contributed by atoms with Crippen molar-refractivity contribution in [2.45, 2.75) is 32.2 Å². The number of benzene rings is 1. The number of hydrogen-bond acceptors (Lipinski definition) is 11. The molecule has 0 saturated carbocycles. The van der Waals surface area contributed by atoms with Gasteiger partial charge in [0.25, 0.3) is 5.91 Å². The molecule has 0 fully saturated rings. The Hall–Kier alpha value is -4.24. The quantitative estimate of drug-likeness (QED) is 0.205. The van der Waals surface area contributed by atoms with Gasteiger partial charge in [-0.3, -0.25) is 14.0 Å². The molecule has 7 heterocycles. The van der Waals surface area contributed by atoms with Crippen molar-refractivity contribution >= 4 is 48.2 Å². The molecule has 0 aliphatic carbocycles. The molecule has 4 aliphatic rings. The number of amides is 1. The summed E-state index contributed by atoms with van der Waals surface area (Å²) < 4.78 is 74.2. The molecule has 0 radical (unpaired) electrons. The Morgan fingerprint density at radius 2 is 2.00 bits per heavy atom. The number of hydrogen-bond donors (Lipinski definition) is 3. The summed E-state index contributed by atoms with van der Waals surface area (Å²) in [6.45, 7) is 2.29. The number of nitrogens with one attached hydrogen (secondary N) is 3. The summed E-state index contributed by atoms with van der Waals surface area (Å²) in [5.41, 5.74) is 0.110. The molecule has 3 N–H and O–H groups in total. The summed E-state index contributed by atoms with van der Waals surface area (Å²) in [5, 5.41) is 12.4. The molecule has 13 nitrogen and oxygen atoms in total. The summed E-state index contributed by atoms with van der Waals surface area (Å²) in [6.07, 6.45) is -0.758. The Morgan fingerprint density at radius 1 is 1.20 bits per heavy atom. The van der Waals surface area contributed by atoms with Gasteiger partial charge in [0.15, 0.2) is 5.69 Å². The van der Waals surface area contributed by atoms with E-state index in [0.717, 1.165) is 0 Å². The Morgan fingerprint density at radius 3 is 2.72 bits per heavy atom. The molecular weight excluding hydrogens is 652 g/mol. The Bertz CT molecular complexity index is 1810. The number of carbonyl (C=O) groups is 1. The number of alkyl halides is 3. The van der Waals surface area contributed by atoms with E-state index in [1.807, 2.05) is 0 Å². The first kappa shape index (κ1) is 33.1. The number of rotatable bonds is 4. The molecule has 0 saturated heterocycles. The van der Waals surface area contributed by atoms with Crippen molar-refractivity contribution in [1.29, 1.82) is 0 Å². The maximum atomic E-state index is 14.1. The highest BCUT2D eigenvalue weighted by atomic mass is 35.5. The number of pyridine rings is 1. The van der Waals surface area contributed by atoms with Gasteiger partial charge < -0.3 is 29.7 Å². The number of aryl methyl sites for hydroxylation is 1. The number of aromatic nitrogens is 5. The van der Waals surface area contributed by atoms with Crippen LogP contribution in [0.4, 0.5) is 36.3 Å². The molecule has 1 aromatic carbocycles. The van der Waals surface area contributed by atoms with Gasteiger partial charge in [-0.05, 0) is 43.2 Å². The van der Waals surface area contributed by atoms with Crippen LogP contribution in [0.2, 0.25) is 5.02 Å². The minimum Gasteiger partial charge on any atom is -0.495 e. The van der Waals surface area contributed by atoms with Gasteiger partial charge in [0, 0.05) is 36.6 Å². The standard InChI is InChI=1S/C28H29ClF3N8O5P/c1-4-44-46(42)15-16-10-23(43-3)22(11-19(16)29)38-27-34-13-18(28(30,31)32)25(39-27)37-21-7-6-20(36-24(21)26(41)33-2)17-12-35-40(14-17)8-5-9-45-46/h6-7,10-14H,4-5,8-9,15H2,1-3H3,(H,33,41)(H2,34,37,38,39). The van der Waals surface area contributed by atoms with Crippen molar-refractivity contribution in [3.8, 4) is 17.0 Å². The molecule has 18 heteroatoms. The minimum atomic E-state index is -4.85. The van der Waals surface area contributed by atoms with Crippen molar-refractivity contribution in [3.63, 3.8) is 0 Å². The zero-order chi connectivity index (χ0) is 33.1. The van der Waals surface area contributed by atoms with Crippen LogP contribution in [0.15, 0.2) is 42.9 Å². The molecule has 46 heavy (non-hydrogen) atoms. The van der Waals surface area contributed by atoms with Crippen molar-refractivity contribution < 1.29 is 36.3 Å². The lowest BCUT2D eigenvalue weighted by molar-refractivity contribution is -0.137. The predicted molar refractivity (Wildman–Crippen MR) is 164 cm³/mol. The zero-order valence-electron chi connectivity index (χ0n) is 24.8.